The van der Waals surface area contributed by atoms with Crippen LogP contribution in [0.5, 0.6) is 17.2 Å². The zero-order valence-corrected chi connectivity index (χ0v) is 19.5. The Balaban J connectivity index is 1.64. The number of ether oxygens (including phenoxy) is 3. The second-order valence-corrected chi connectivity index (χ2v) is 9.06. The molecule has 10 heteroatoms. The average Bonchev–Trinajstić information content (AvgIpc) is 2.82. The molecular formula is C22H29N3O6S. The highest BCUT2D eigenvalue weighted by atomic mass is 32.2. The molecule has 174 valence electrons. The number of sulfonamides is 1. The molecule has 9 nitrogen and oxygen atoms in total. The van der Waals surface area contributed by atoms with E-state index in [4.69, 9.17) is 14.2 Å². The molecule has 1 aliphatic rings. The van der Waals surface area contributed by atoms with Crippen LogP contribution in [0.3, 0.4) is 0 Å². The third-order valence-corrected chi connectivity index (χ3v) is 6.92. The summed E-state index contributed by atoms with van der Waals surface area (Å²) in [6.45, 7) is 3.77. The highest BCUT2D eigenvalue weighted by molar-refractivity contribution is 7.89. The van der Waals surface area contributed by atoms with E-state index < -0.39 is 16.1 Å². The molecule has 0 radical (unpaired) electrons. The minimum atomic E-state index is -3.92. The number of carbonyl (C=O) groups excluding carboxylic acids is 1. The first-order valence-corrected chi connectivity index (χ1v) is 11.7. The van der Waals surface area contributed by atoms with Gasteiger partial charge in [0.05, 0.1) is 38.0 Å². The van der Waals surface area contributed by atoms with Gasteiger partial charge in [-0.05, 0) is 31.2 Å². The number of carbonyl (C=O) groups is 1. The minimum absolute atomic E-state index is 0.00390. The summed E-state index contributed by atoms with van der Waals surface area (Å²) in [7, 11) is 0.606. The summed E-state index contributed by atoms with van der Waals surface area (Å²) in [6, 6.07) is 11.1. The van der Waals surface area contributed by atoms with Gasteiger partial charge in [0, 0.05) is 32.2 Å². The molecule has 1 amide bonds. The Bertz CT molecular complexity index is 1050. The van der Waals surface area contributed by atoms with Crippen LogP contribution < -0.4 is 23.8 Å². The van der Waals surface area contributed by atoms with Gasteiger partial charge in [-0.3, -0.25) is 4.79 Å². The van der Waals surface area contributed by atoms with Crippen molar-refractivity contribution in [3.63, 3.8) is 0 Å². The molecule has 32 heavy (non-hydrogen) atoms. The van der Waals surface area contributed by atoms with Gasteiger partial charge in [0.2, 0.25) is 15.9 Å². The number of nitrogens with zero attached hydrogens (tertiary/aromatic N) is 2. The van der Waals surface area contributed by atoms with Gasteiger partial charge in [0.1, 0.15) is 5.75 Å². The molecule has 1 atom stereocenters. The molecule has 1 saturated heterocycles. The van der Waals surface area contributed by atoms with Gasteiger partial charge in [0.15, 0.2) is 11.5 Å². The minimum Gasteiger partial charge on any atom is -0.495 e. The normalized spacial score (nSPS) is 15.2. The number of hydrogen-bond acceptors (Lipinski definition) is 7. The SMILES string of the molecule is COc1ccc(S(=O)(=O)N[C@H](C)C(=O)N2CCN(c3ccccc3OC)CC2)cc1OC. The van der Waals surface area contributed by atoms with Crippen molar-refractivity contribution in [2.45, 2.75) is 17.9 Å². The third-order valence-electron chi connectivity index (χ3n) is 5.38. The topological polar surface area (TPSA) is 97.4 Å². The second kappa shape index (κ2) is 10.1. The van der Waals surface area contributed by atoms with E-state index in [9.17, 15) is 13.2 Å². The van der Waals surface area contributed by atoms with Gasteiger partial charge in [-0.25, -0.2) is 8.42 Å². The largest absolute Gasteiger partial charge is 0.495 e. The fourth-order valence-electron chi connectivity index (χ4n) is 3.67. The molecule has 0 saturated carbocycles. The lowest BCUT2D eigenvalue weighted by molar-refractivity contribution is -0.132. The molecule has 0 unspecified atom stereocenters. The molecule has 1 heterocycles. The summed E-state index contributed by atoms with van der Waals surface area (Å²) >= 11 is 0. The monoisotopic (exact) mass is 463 g/mol. The maximum absolute atomic E-state index is 12.9. The molecule has 3 rings (SSSR count). The lowest BCUT2D eigenvalue weighted by Crippen LogP contribution is -2.54. The summed E-state index contributed by atoms with van der Waals surface area (Å²) in [4.78, 5) is 16.7. The fourth-order valence-corrected chi connectivity index (χ4v) is 4.88. The Morgan fingerprint density at radius 3 is 2.16 bits per heavy atom. The first kappa shape index (κ1) is 23.7. The molecule has 0 spiro atoms. The van der Waals surface area contributed by atoms with Crippen molar-refractivity contribution in [2.75, 3.05) is 52.4 Å². The molecule has 1 fully saturated rings. The predicted octanol–water partition coefficient (Wildman–Crippen LogP) is 1.73. The lowest BCUT2D eigenvalue weighted by Gasteiger charge is -2.37. The summed E-state index contributed by atoms with van der Waals surface area (Å²) in [6.07, 6.45) is 0. The first-order valence-electron chi connectivity index (χ1n) is 10.2. The van der Waals surface area contributed by atoms with E-state index in [0.717, 1.165) is 11.4 Å². The van der Waals surface area contributed by atoms with E-state index >= 15 is 0 Å². The van der Waals surface area contributed by atoms with Crippen molar-refractivity contribution in [3.05, 3.63) is 42.5 Å². The van der Waals surface area contributed by atoms with Crippen LogP contribution in [0, 0.1) is 0 Å². The van der Waals surface area contributed by atoms with Crippen molar-refractivity contribution in [2.24, 2.45) is 0 Å². The summed E-state index contributed by atoms with van der Waals surface area (Å²) in [5, 5.41) is 0. The quantitative estimate of drug-likeness (QED) is 0.637. The highest BCUT2D eigenvalue weighted by Crippen LogP contribution is 2.30. The number of nitrogens with one attached hydrogen (secondary N) is 1. The zero-order valence-electron chi connectivity index (χ0n) is 18.7. The summed E-state index contributed by atoms with van der Waals surface area (Å²) in [5.74, 6) is 1.22. The summed E-state index contributed by atoms with van der Waals surface area (Å²) < 4.78 is 43.8. The standard InChI is InChI=1S/C22H29N3O6S/c1-16(23-32(27,28)17-9-10-20(30-3)21(15-17)31-4)22(26)25-13-11-24(12-14-25)18-7-5-6-8-19(18)29-2/h5-10,15-16,23H,11-14H2,1-4H3/t16-/m1/s1. The molecule has 2 aromatic rings. The van der Waals surface area contributed by atoms with E-state index in [2.05, 4.69) is 9.62 Å². The van der Waals surface area contributed by atoms with E-state index in [-0.39, 0.29) is 10.8 Å². The smallest absolute Gasteiger partial charge is 0.241 e. The molecule has 2 aromatic carbocycles. The van der Waals surface area contributed by atoms with Gasteiger partial charge < -0.3 is 24.0 Å². The van der Waals surface area contributed by atoms with Crippen LogP contribution in [0.1, 0.15) is 6.92 Å². The van der Waals surface area contributed by atoms with E-state index in [1.54, 1.807) is 18.9 Å². The Labute approximate surface area is 188 Å². The summed E-state index contributed by atoms with van der Waals surface area (Å²) in [5.41, 5.74) is 0.976. The third kappa shape index (κ3) is 5.08. The lowest BCUT2D eigenvalue weighted by atomic mass is 10.2. The first-order chi connectivity index (χ1) is 15.3. The van der Waals surface area contributed by atoms with Crippen LogP contribution in [-0.4, -0.2) is 72.8 Å². The van der Waals surface area contributed by atoms with E-state index in [1.165, 1.54) is 32.4 Å². The predicted molar refractivity (Wildman–Crippen MR) is 121 cm³/mol. The van der Waals surface area contributed by atoms with E-state index in [1.807, 2.05) is 24.3 Å². The maximum atomic E-state index is 12.9. The van der Waals surface area contributed by atoms with Crippen molar-refractivity contribution in [1.29, 1.82) is 0 Å². The van der Waals surface area contributed by atoms with Crippen molar-refractivity contribution < 1.29 is 27.4 Å². The van der Waals surface area contributed by atoms with Gasteiger partial charge in [-0.15, -0.1) is 0 Å². The number of benzene rings is 2. The fraction of sp³-hybridized carbons (Fsp3) is 0.409. The van der Waals surface area contributed by atoms with Gasteiger partial charge in [-0.1, -0.05) is 12.1 Å². The van der Waals surface area contributed by atoms with Gasteiger partial charge in [0.25, 0.3) is 0 Å². The zero-order chi connectivity index (χ0) is 23.3. The number of methoxy groups -OCH3 is 3. The number of rotatable bonds is 8. The van der Waals surface area contributed by atoms with Gasteiger partial charge >= 0.3 is 0 Å². The average molecular weight is 464 g/mol. The molecule has 0 aliphatic carbocycles. The van der Waals surface area contributed by atoms with Crippen molar-refractivity contribution in [3.8, 4) is 17.2 Å². The Hall–Kier alpha value is -2.98. The van der Waals surface area contributed by atoms with Crippen LogP contribution in [-0.2, 0) is 14.8 Å². The Morgan fingerprint density at radius 1 is 0.906 bits per heavy atom. The molecule has 0 aromatic heterocycles. The number of hydrogen-bond donors (Lipinski definition) is 1. The van der Waals surface area contributed by atoms with Crippen LogP contribution in [0.25, 0.3) is 0 Å². The van der Waals surface area contributed by atoms with Gasteiger partial charge in [-0.2, -0.15) is 4.72 Å². The number of para-hydroxylation sites is 2. The highest BCUT2D eigenvalue weighted by Gasteiger charge is 2.29. The van der Waals surface area contributed by atoms with Crippen LogP contribution in [0.2, 0.25) is 0 Å². The maximum Gasteiger partial charge on any atom is 0.241 e. The van der Waals surface area contributed by atoms with Crippen LogP contribution in [0.15, 0.2) is 47.4 Å². The van der Waals surface area contributed by atoms with E-state index in [0.29, 0.717) is 37.7 Å². The molecule has 1 N–H and O–H groups in total. The molecular weight excluding hydrogens is 434 g/mol. The number of piperazine rings is 1. The van der Waals surface area contributed by atoms with Crippen molar-refractivity contribution >= 4 is 21.6 Å². The Kier molecular flexibility index (Phi) is 7.47. The van der Waals surface area contributed by atoms with Crippen molar-refractivity contribution in [1.82, 2.24) is 9.62 Å². The van der Waals surface area contributed by atoms with Crippen LogP contribution >= 0.6 is 0 Å². The van der Waals surface area contributed by atoms with Crippen LogP contribution in [0.4, 0.5) is 5.69 Å². The molecule has 0 bridgehead atoms. The Morgan fingerprint density at radius 2 is 1.53 bits per heavy atom. The number of anilines is 1. The molecule has 1 aliphatic heterocycles. The number of amides is 1. The second-order valence-electron chi connectivity index (χ2n) is 7.34.